The van der Waals surface area contributed by atoms with Crippen LogP contribution in [0.3, 0.4) is 0 Å². The molecule has 0 amide bonds. The fourth-order valence-corrected chi connectivity index (χ4v) is 1.80. The van der Waals surface area contributed by atoms with Gasteiger partial charge < -0.3 is 0 Å². The number of carbonyl (C=O) groups is 1. The van der Waals surface area contributed by atoms with E-state index in [1.807, 2.05) is 64.9 Å². The normalized spacial score (nSPS) is 10.7. The Morgan fingerprint density at radius 2 is 1.56 bits per heavy atom. The highest BCUT2D eigenvalue weighted by Crippen LogP contribution is 2.26. The maximum absolute atomic E-state index is 11.4. The van der Waals surface area contributed by atoms with Crippen molar-refractivity contribution in [3.05, 3.63) is 34.9 Å². The van der Waals surface area contributed by atoms with Crippen molar-refractivity contribution >= 4 is 17.4 Å². The van der Waals surface area contributed by atoms with Crippen LogP contribution in [0.25, 0.3) is 0 Å². The third-order valence-electron chi connectivity index (χ3n) is 2.10. The van der Waals surface area contributed by atoms with Crippen LogP contribution in [-0.2, 0) is 4.79 Å². The van der Waals surface area contributed by atoms with E-state index in [1.54, 1.807) is 13.0 Å². The van der Waals surface area contributed by atoms with Gasteiger partial charge >= 0.3 is 0 Å². The van der Waals surface area contributed by atoms with Crippen LogP contribution in [0.15, 0.2) is 24.3 Å². The number of Topliss-reactive ketones (excluding diaryl/α,β-unsaturated/α-hetero) is 1. The Labute approximate surface area is 117 Å². The lowest BCUT2D eigenvalue weighted by Gasteiger charge is -2.22. The topological polar surface area (TPSA) is 20.3 Å². The van der Waals surface area contributed by atoms with Crippen molar-refractivity contribution in [1.29, 1.82) is 0 Å². The third kappa shape index (κ3) is 6.18. The maximum atomic E-state index is 11.4. The zero-order valence-corrected chi connectivity index (χ0v) is 13.4. The lowest BCUT2D eigenvalue weighted by atomic mass is 10.0. The van der Waals surface area contributed by atoms with E-state index in [2.05, 4.69) is 0 Å². The van der Waals surface area contributed by atoms with E-state index in [9.17, 15) is 4.79 Å². The van der Waals surface area contributed by atoms with Crippen LogP contribution >= 0.6 is 11.6 Å². The first-order valence-corrected chi connectivity index (χ1v) is 6.83. The summed E-state index contributed by atoms with van der Waals surface area (Å²) in [6.07, 6.45) is 0. The standard InChI is InChI=1S/C11H14ClNO.2C2H6/c1-8(14)11(13(2)3)9-6-4-5-7-10(9)12;2*1-2/h4-7,11H,1-3H3;2*1-2H3. The van der Waals surface area contributed by atoms with Crippen molar-refractivity contribution in [2.45, 2.75) is 40.7 Å². The highest BCUT2D eigenvalue weighted by atomic mass is 35.5. The molecule has 0 radical (unpaired) electrons. The molecule has 1 atom stereocenters. The van der Waals surface area contributed by atoms with E-state index in [1.165, 1.54) is 0 Å². The number of hydrogen-bond acceptors (Lipinski definition) is 2. The molecular formula is C15H26ClNO. The largest absolute Gasteiger partial charge is 0.298 e. The van der Waals surface area contributed by atoms with Gasteiger partial charge in [-0.2, -0.15) is 0 Å². The molecule has 1 rings (SSSR count). The molecule has 0 N–H and O–H groups in total. The number of nitrogens with zero attached hydrogens (tertiary/aromatic N) is 1. The van der Waals surface area contributed by atoms with E-state index in [0.717, 1.165) is 5.56 Å². The molecule has 0 spiro atoms. The Hall–Kier alpha value is -0.860. The molecule has 3 heteroatoms. The molecule has 18 heavy (non-hydrogen) atoms. The summed E-state index contributed by atoms with van der Waals surface area (Å²) < 4.78 is 0. The minimum absolute atomic E-state index is 0.100. The van der Waals surface area contributed by atoms with Crippen LogP contribution in [0, 0.1) is 0 Å². The lowest BCUT2D eigenvalue weighted by molar-refractivity contribution is -0.121. The van der Waals surface area contributed by atoms with Gasteiger partial charge in [-0.05, 0) is 32.6 Å². The Kier molecular flexibility index (Phi) is 12.2. The highest BCUT2D eigenvalue weighted by molar-refractivity contribution is 6.31. The molecule has 0 heterocycles. The Bertz CT molecular complexity index is 337. The van der Waals surface area contributed by atoms with Gasteiger partial charge in [0.2, 0.25) is 0 Å². The van der Waals surface area contributed by atoms with Crippen molar-refractivity contribution < 1.29 is 4.79 Å². The molecule has 1 unspecified atom stereocenters. The van der Waals surface area contributed by atoms with Crippen LogP contribution in [0.5, 0.6) is 0 Å². The zero-order chi connectivity index (χ0) is 14.7. The second-order valence-electron chi connectivity index (χ2n) is 3.50. The number of benzene rings is 1. The fourth-order valence-electron chi connectivity index (χ4n) is 1.56. The molecule has 0 aliphatic heterocycles. The van der Waals surface area contributed by atoms with Gasteiger partial charge in [-0.1, -0.05) is 57.5 Å². The summed E-state index contributed by atoms with van der Waals surface area (Å²) in [5.41, 5.74) is 0.867. The van der Waals surface area contributed by atoms with Gasteiger partial charge in [0.05, 0.1) is 6.04 Å². The van der Waals surface area contributed by atoms with Crippen molar-refractivity contribution in [3.63, 3.8) is 0 Å². The Balaban J connectivity index is 0. The molecule has 0 saturated carbocycles. The van der Waals surface area contributed by atoms with Gasteiger partial charge in [0.1, 0.15) is 0 Å². The zero-order valence-electron chi connectivity index (χ0n) is 12.6. The Morgan fingerprint density at radius 1 is 1.11 bits per heavy atom. The minimum atomic E-state index is -0.247. The van der Waals surface area contributed by atoms with Crippen LogP contribution in [0.4, 0.5) is 0 Å². The van der Waals surface area contributed by atoms with Crippen molar-refractivity contribution in [2.24, 2.45) is 0 Å². The van der Waals surface area contributed by atoms with E-state index in [-0.39, 0.29) is 11.8 Å². The summed E-state index contributed by atoms with van der Waals surface area (Å²) in [6.45, 7) is 9.58. The van der Waals surface area contributed by atoms with Crippen LogP contribution in [0.1, 0.15) is 46.2 Å². The smallest absolute Gasteiger partial charge is 0.151 e. The van der Waals surface area contributed by atoms with E-state index >= 15 is 0 Å². The second-order valence-corrected chi connectivity index (χ2v) is 3.91. The molecule has 1 aromatic carbocycles. The molecule has 104 valence electrons. The van der Waals surface area contributed by atoms with E-state index in [4.69, 9.17) is 11.6 Å². The molecule has 0 aliphatic carbocycles. The monoisotopic (exact) mass is 271 g/mol. The molecule has 0 fully saturated rings. The SMILES string of the molecule is CC.CC.CC(=O)C(c1ccccc1Cl)N(C)C. The second kappa shape index (κ2) is 11.2. The van der Waals surface area contributed by atoms with E-state index in [0.29, 0.717) is 5.02 Å². The van der Waals surface area contributed by atoms with Gasteiger partial charge in [-0.15, -0.1) is 0 Å². The summed E-state index contributed by atoms with van der Waals surface area (Å²) in [5.74, 6) is 0.100. The number of rotatable bonds is 3. The van der Waals surface area contributed by atoms with E-state index < -0.39 is 0 Å². The van der Waals surface area contributed by atoms with Crippen LogP contribution < -0.4 is 0 Å². The number of carbonyl (C=O) groups excluding carboxylic acids is 1. The predicted molar refractivity (Wildman–Crippen MR) is 81.3 cm³/mol. The number of ketones is 1. The summed E-state index contributed by atoms with van der Waals surface area (Å²) in [4.78, 5) is 13.3. The summed E-state index contributed by atoms with van der Waals surface area (Å²) in [7, 11) is 3.74. The molecular weight excluding hydrogens is 246 g/mol. The molecule has 0 aliphatic rings. The van der Waals surface area contributed by atoms with Gasteiger partial charge in [0, 0.05) is 5.02 Å². The number of hydrogen-bond donors (Lipinski definition) is 0. The minimum Gasteiger partial charge on any atom is -0.298 e. The first-order chi connectivity index (χ1) is 8.54. The van der Waals surface area contributed by atoms with Gasteiger partial charge in [-0.3, -0.25) is 9.69 Å². The quantitative estimate of drug-likeness (QED) is 0.802. The highest BCUT2D eigenvalue weighted by Gasteiger charge is 2.20. The fraction of sp³-hybridized carbons (Fsp3) is 0.533. The molecule has 0 aromatic heterocycles. The van der Waals surface area contributed by atoms with Gasteiger partial charge in [0.15, 0.2) is 5.78 Å². The first kappa shape index (κ1) is 19.5. The van der Waals surface area contributed by atoms with Crippen molar-refractivity contribution in [3.8, 4) is 0 Å². The molecule has 2 nitrogen and oxygen atoms in total. The van der Waals surface area contributed by atoms with Crippen LogP contribution in [-0.4, -0.2) is 24.8 Å². The number of likely N-dealkylation sites (N-methyl/N-ethyl adjacent to an activating group) is 1. The van der Waals surface area contributed by atoms with Gasteiger partial charge in [-0.25, -0.2) is 0 Å². The predicted octanol–water partition coefficient (Wildman–Crippen LogP) is 4.58. The first-order valence-electron chi connectivity index (χ1n) is 6.45. The average Bonchev–Trinajstić information content (AvgIpc) is 2.36. The van der Waals surface area contributed by atoms with Gasteiger partial charge in [0.25, 0.3) is 0 Å². The van der Waals surface area contributed by atoms with Crippen molar-refractivity contribution in [1.82, 2.24) is 4.90 Å². The molecule has 1 aromatic rings. The third-order valence-corrected chi connectivity index (χ3v) is 2.45. The maximum Gasteiger partial charge on any atom is 0.151 e. The summed E-state index contributed by atoms with van der Waals surface area (Å²) in [6, 6.07) is 7.19. The lowest BCUT2D eigenvalue weighted by Crippen LogP contribution is -2.26. The average molecular weight is 272 g/mol. The molecule has 0 saturated heterocycles. The summed E-state index contributed by atoms with van der Waals surface area (Å²) in [5, 5.41) is 0.640. The van der Waals surface area contributed by atoms with Crippen LogP contribution in [0.2, 0.25) is 5.02 Å². The Morgan fingerprint density at radius 3 is 1.89 bits per heavy atom. The van der Waals surface area contributed by atoms with Crippen molar-refractivity contribution in [2.75, 3.05) is 14.1 Å². The number of halogens is 1. The summed E-state index contributed by atoms with van der Waals surface area (Å²) >= 11 is 6.03. The molecule has 0 bridgehead atoms.